The fourth-order valence-electron chi connectivity index (χ4n) is 2.76. The maximum absolute atomic E-state index is 11.4. The van der Waals surface area contributed by atoms with Crippen molar-refractivity contribution in [2.24, 2.45) is 11.1 Å². The van der Waals surface area contributed by atoms with Crippen LogP contribution in [0.5, 0.6) is 0 Å². The largest absolute Gasteiger partial charge is 0.481 e. The van der Waals surface area contributed by atoms with Gasteiger partial charge in [-0.2, -0.15) is 0 Å². The molecule has 1 aliphatic rings. The third kappa shape index (κ3) is 1.90. The van der Waals surface area contributed by atoms with E-state index in [0.717, 1.165) is 16.9 Å². The molecule has 2 aromatic rings. The van der Waals surface area contributed by atoms with Gasteiger partial charge < -0.3 is 20.7 Å². The van der Waals surface area contributed by atoms with E-state index in [9.17, 15) is 9.90 Å². The van der Waals surface area contributed by atoms with E-state index in [1.165, 1.54) is 6.33 Å². The van der Waals surface area contributed by atoms with E-state index in [2.05, 4.69) is 19.9 Å². The van der Waals surface area contributed by atoms with Gasteiger partial charge in [-0.3, -0.25) is 4.79 Å². The molecule has 7 nitrogen and oxygen atoms in total. The standard InChI is InChI=1S/C13H17N5O2/c14-7-13(12(19)20)2-5-18(6-3-13)11-9-1-4-15-10(9)16-8-17-11/h1,4,8H,2-3,5-7,14H2,(H,19,20)(H,15,16,17). The summed E-state index contributed by atoms with van der Waals surface area (Å²) in [5, 5.41) is 10.3. The zero-order chi connectivity index (χ0) is 14.2. The van der Waals surface area contributed by atoms with Gasteiger partial charge in [0.2, 0.25) is 0 Å². The maximum atomic E-state index is 11.4. The van der Waals surface area contributed by atoms with E-state index in [1.807, 2.05) is 12.3 Å². The molecule has 0 amide bonds. The van der Waals surface area contributed by atoms with Crippen molar-refractivity contribution in [3.8, 4) is 0 Å². The van der Waals surface area contributed by atoms with Gasteiger partial charge in [0.15, 0.2) is 0 Å². The van der Waals surface area contributed by atoms with Gasteiger partial charge in [-0.25, -0.2) is 9.97 Å². The van der Waals surface area contributed by atoms with Crippen molar-refractivity contribution in [1.29, 1.82) is 0 Å². The van der Waals surface area contributed by atoms with Crippen LogP contribution >= 0.6 is 0 Å². The second kappa shape index (κ2) is 4.75. The molecule has 106 valence electrons. The van der Waals surface area contributed by atoms with E-state index in [1.54, 1.807) is 0 Å². The topological polar surface area (TPSA) is 108 Å². The summed E-state index contributed by atoms with van der Waals surface area (Å²) in [4.78, 5) is 25.1. The normalized spacial score (nSPS) is 18.4. The number of carboxylic acid groups (broad SMARTS) is 1. The number of hydrogen-bond donors (Lipinski definition) is 3. The summed E-state index contributed by atoms with van der Waals surface area (Å²) < 4.78 is 0. The highest BCUT2D eigenvalue weighted by molar-refractivity contribution is 5.87. The third-order valence-corrected chi connectivity index (χ3v) is 4.20. The first-order valence-electron chi connectivity index (χ1n) is 6.63. The molecular formula is C13H17N5O2. The average molecular weight is 275 g/mol. The van der Waals surface area contributed by atoms with Crippen LogP contribution in [0.1, 0.15) is 12.8 Å². The first-order valence-corrected chi connectivity index (χ1v) is 6.63. The monoisotopic (exact) mass is 275 g/mol. The summed E-state index contributed by atoms with van der Waals surface area (Å²) in [5.41, 5.74) is 5.67. The number of hydrogen-bond acceptors (Lipinski definition) is 5. The molecule has 0 saturated carbocycles. The molecule has 2 aromatic heterocycles. The SMILES string of the molecule is NCC1(C(=O)O)CCN(c2ncnc3[nH]ccc23)CC1. The minimum absolute atomic E-state index is 0.180. The zero-order valence-corrected chi connectivity index (χ0v) is 11.0. The van der Waals surface area contributed by atoms with Crippen LogP contribution in [0.4, 0.5) is 5.82 Å². The molecule has 4 N–H and O–H groups in total. The van der Waals surface area contributed by atoms with Gasteiger partial charge in [-0.15, -0.1) is 0 Å². The van der Waals surface area contributed by atoms with Crippen LogP contribution in [0.3, 0.4) is 0 Å². The first kappa shape index (κ1) is 12.9. The number of anilines is 1. The molecule has 1 saturated heterocycles. The molecule has 0 aliphatic carbocycles. The van der Waals surface area contributed by atoms with Crippen molar-refractivity contribution < 1.29 is 9.90 Å². The summed E-state index contributed by atoms with van der Waals surface area (Å²) in [6.07, 6.45) is 4.42. The lowest BCUT2D eigenvalue weighted by Crippen LogP contribution is -2.48. The van der Waals surface area contributed by atoms with Crippen LogP contribution in [-0.4, -0.2) is 45.7 Å². The molecule has 0 radical (unpaired) electrons. The Morgan fingerprint density at radius 3 is 2.85 bits per heavy atom. The van der Waals surface area contributed by atoms with Crippen molar-refractivity contribution in [1.82, 2.24) is 15.0 Å². The summed E-state index contributed by atoms with van der Waals surface area (Å²) in [6, 6.07) is 1.94. The van der Waals surface area contributed by atoms with Gasteiger partial charge in [0, 0.05) is 25.8 Å². The second-order valence-electron chi connectivity index (χ2n) is 5.21. The van der Waals surface area contributed by atoms with Crippen molar-refractivity contribution in [3.05, 3.63) is 18.6 Å². The summed E-state index contributed by atoms with van der Waals surface area (Å²) >= 11 is 0. The Morgan fingerprint density at radius 2 is 2.20 bits per heavy atom. The molecule has 3 heterocycles. The first-order chi connectivity index (χ1) is 9.66. The molecule has 0 spiro atoms. The zero-order valence-electron chi connectivity index (χ0n) is 11.0. The lowest BCUT2D eigenvalue weighted by atomic mass is 9.78. The molecule has 1 aliphatic heterocycles. The van der Waals surface area contributed by atoms with Crippen LogP contribution in [-0.2, 0) is 4.79 Å². The van der Waals surface area contributed by atoms with Crippen molar-refractivity contribution in [2.45, 2.75) is 12.8 Å². The number of piperidine rings is 1. The fraction of sp³-hybridized carbons (Fsp3) is 0.462. The summed E-state index contributed by atoms with van der Waals surface area (Å²) in [5.74, 6) is 0.0568. The molecule has 7 heteroatoms. The second-order valence-corrected chi connectivity index (χ2v) is 5.21. The molecule has 3 rings (SSSR count). The van der Waals surface area contributed by atoms with Gasteiger partial charge in [0.1, 0.15) is 17.8 Å². The Kier molecular flexibility index (Phi) is 3.06. The van der Waals surface area contributed by atoms with Crippen LogP contribution in [0.15, 0.2) is 18.6 Å². The van der Waals surface area contributed by atoms with Crippen molar-refractivity contribution >= 4 is 22.8 Å². The van der Waals surface area contributed by atoms with Crippen LogP contribution in [0.2, 0.25) is 0 Å². The molecule has 0 atom stereocenters. The molecule has 0 bridgehead atoms. The Labute approximate surface area is 115 Å². The Hall–Kier alpha value is -2.15. The van der Waals surface area contributed by atoms with E-state index < -0.39 is 11.4 Å². The number of carbonyl (C=O) groups is 1. The molecule has 0 aromatic carbocycles. The number of fused-ring (bicyclic) bond motifs is 1. The number of aliphatic carboxylic acids is 1. The predicted molar refractivity (Wildman–Crippen MR) is 74.5 cm³/mol. The number of aromatic amines is 1. The minimum atomic E-state index is -0.797. The van der Waals surface area contributed by atoms with Crippen LogP contribution in [0.25, 0.3) is 11.0 Å². The van der Waals surface area contributed by atoms with Crippen LogP contribution in [0, 0.1) is 5.41 Å². The number of nitrogens with one attached hydrogen (secondary N) is 1. The Morgan fingerprint density at radius 1 is 1.45 bits per heavy atom. The van der Waals surface area contributed by atoms with E-state index in [4.69, 9.17) is 5.73 Å². The Bertz CT molecular complexity index is 630. The number of nitrogens with zero attached hydrogens (tertiary/aromatic N) is 3. The average Bonchev–Trinajstić information content (AvgIpc) is 2.95. The fourth-order valence-corrected chi connectivity index (χ4v) is 2.76. The van der Waals surface area contributed by atoms with Crippen molar-refractivity contribution in [2.75, 3.05) is 24.5 Å². The van der Waals surface area contributed by atoms with E-state index in [0.29, 0.717) is 25.9 Å². The highest BCUT2D eigenvalue weighted by atomic mass is 16.4. The number of H-pyrrole nitrogens is 1. The smallest absolute Gasteiger partial charge is 0.311 e. The highest BCUT2D eigenvalue weighted by Crippen LogP contribution is 2.34. The van der Waals surface area contributed by atoms with Gasteiger partial charge >= 0.3 is 5.97 Å². The quantitative estimate of drug-likeness (QED) is 0.756. The van der Waals surface area contributed by atoms with Gasteiger partial charge in [-0.05, 0) is 18.9 Å². The van der Waals surface area contributed by atoms with E-state index in [-0.39, 0.29) is 6.54 Å². The van der Waals surface area contributed by atoms with Gasteiger partial charge in [0.05, 0.1) is 10.8 Å². The molecule has 20 heavy (non-hydrogen) atoms. The van der Waals surface area contributed by atoms with E-state index >= 15 is 0 Å². The Balaban J connectivity index is 1.85. The number of aromatic nitrogens is 3. The summed E-state index contributed by atoms with van der Waals surface area (Å²) in [7, 11) is 0. The number of carboxylic acids is 1. The molecule has 0 unspecified atom stereocenters. The van der Waals surface area contributed by atoms with Gasteiger partial charge in [-0.1, -0.05) is 0 Å². The minimum Gasteiger partial charge on any atom is -0.481 e. The lowest BCUT2D eigenvalue weighted by molar-refractivity contribution is -0.149. The third-order valence-electron chi connectivity index (χ3n) is 4.20. The van der Waals surface area contributed by atoms with Crippen LogP contribution < -0.4 is 10.6 Å². The molecular weight excluding hydrogens is 258 g/mol. The van der Waals surface area contributed by atoms with Crippen molar-refractivity contribution in [3.63, 3.8) is 0 Å². The van der Waals surface area contributed by atoms with Gasteiger partial charge in [0.25, 0.3) is 0 Å². The number of rotatable bonds is 3. The maximum Gasteiger partial charge on any atom is 0.311 e. The number of nitrogens with two attached hydrogens (primary N) is 1. The lowest BCUT2D eigenvalue weighted by Gasteiger charge is -2.38. The summed E-state index contributed by atoms with van der Waals surface area (Å²) in [6.45, 7) is 1.46. The predicted octanol–water partition coefficient (Wildman–Crippen LogP) is 0.588. The highest BCUT2D eigenvalue weighted by Gasteiger charge is 2.40. The molecule has 1 fully saturated rings.